The third-order valence-electron chi connectivity index (χ3n) is 6.13. The van der Waals surface area contributed by atoms with Crippen LogP contribution in [-0.4, -0.2) is 33.0 Å². The van der Waals surface area contributed by atoms with Crippen LogP contribution < -0.4 is 5.32 Å². The second kappa shape index (κ2) is 8.91. The van der Waals surface area contributed by atoms with Crippen molar-refractivity contribution in [3.05, 3.63) is 95.1 Å². The molecule has 0 aliphatic carbocycles. The number of aryl methyl sites for hydroxylation is 1. The van der Waals surface area contributed by atoms with E-state index in [0.717, 1.165) is 33.6 Å². The van der Waals surface area contributed by atoms with Gasteiger partial charge in [0.05, 0.1) is 10.9 Å². The normalized spacial score (nSPS) is 17.4. The number of benzene rings is 3. The Kier molecular flexibility index (Phi) is 5.79. The van der Waals surface area contributed by atoms with E-state index in [1.807, 2.05) is 98.5 Å². The molecule has 7 heteroatoms. The van der Waals surface area contributed by atoms with E-state index in [9.17, 15) is 9.59 Å². The highest BCUT2D eigenvalue weighted by Crippen LogP contribution is 2.40. The summed E-state index contributed by atoms with van der Waals surface area (Å²) in [6.45, 7) is 5.86. The van der Waals surface area contributed by atoms with Crippen molar-refractivity contribution in [1.29, 1.82) is 0 Å². The topological polar surface area (TPSA) is 74.1 Å². The van der Waals surface area contributed by atoms with Crippen LogP contribution in [0.3, 0.4) is 0 Å². The first kappa shape index (κ1) is 22.1. The van der Waals surface area contributed by atoms with Gasteiger partial charge in [-0.05, 0) is 55.7 Å². The van der Waals surface area contributed by atoms with Crippen molar-refractivity contribution in [3.8, 4) is 0 Å². The number of anilines is 1. The predicted octanol–water partition coefficient (Wildman–Crippen LogP) is 5.40. The first-order chi connectivity index (χ1) is 16.4. The summed E-state index contributed by atoms with van der Waals surface area (Å²) in [7, 11) is 0. The highest BCUT2D eigenvalue weighted by molar-refractivity contribution is 8.14. The number of thioether (sulfide) groups is 1. The third-order valence-corrected chi connectivity index (χ3v) is 7.20. The molecule has 2 heterocycles. The zero-order valence-corrected chi connectivity index (χ0v) is 20.0. The monoisotopic (exact) mass is 468 g/mol. The maximum Gasteiger partial charge on any atom is 0.275 e. The van der Waals surface area contributed by atoms with Crippen molar-refractivity contribution in [3.63, 3.8) is 0 Å². The Morgan fingerprint density at radius 2 is 1.71 bits per heavy atom. The van der Waals surface area contributed by atoms with E-state index in [2.05, 4.69) is 10.3 Å². The van der Waals surface area contributed by atoms with Gasteiger partial charge in [0.15, 0.2) is 5.17 Å². The van der Waals surface area contributed by atoms with Crippen molar-refractivity contribution in [1.82, 2.24) is 4.90 Å². The fourth-order valence-corrected chi connectivity index (χ4v) is 5.04. The Morgan fingerprint density at radius 3 is 2.50 bits per heavy atom. The van der Waals surface area contributed by atoms with Crippen molar-refractivity contribution in [2.45, 2.75) is 32.1 Å². The van der Waals surface area contributed by atoms with Gasteiger partial charge in [0, 0.05) is 11.3 Å². The number of nitrogens with zero attached hydrogens (tertiary/aromatic N) is 3. The molecule has 0 bridgehead atoms. The van der Waals surface area contributed by atoms with Gasteiger partial charge in [-0.2, -0.15) is 4.99 Å². The first-order valence-corrected chi connectivity index (χ1v) is 12.0. The van der Waals surface area contributed by atoms with Gasteiger partial charge in [-0.1, -0.05) is 66.4 Å². The summed E-state index contributed by atoms with van der Waals surface area (Å²) in [5.41, 5.74) is 5.35. The summed E-state index contributed by atoms with van der Waals surface area (Å²) >= 11 is 1.33. The maximum atomic E-state index is 13.1. The van der Waals surface area contributed by atoms with E-state index >= 15 is 0 Å². The van der Waals surface area contributed by atoms with E-state index in [1.54, 1.807) is 0 Å². The molecule has 0 spiro atoms. The number of aliphatic imine (C=N–C) groups is 2. The molecule has 2 amide bonds. The molecule has 2 aliphatic heterocycles. The molecule has 0 saturated carbocycles. The molecule has 0 fully saturated rings. The molecule has 2 unspecified atom stereocenters. The van der Waals surface area contributed by atoms with Gasteiger partial charge in [-0.15, -0.1) is 0 Å². The van der Waals surface area contributed by atoms with Crippen molar-refractivity contribution < 1.29 is 9.59 Å². The van der Waals surface area contributed by atoms with Crippen LogP contribution >= 0.6 is 11.8 Å². The molecular formula is C27H24N4O2S. The largest absolute Gasteiger partial charge is 0.325 e. The molecule has 3 aromatic rings. The summed E-state index contributed by atoms with van der Waals surface area (Å²) in [5, 5.41) is 3.18. The Bertz CT molecular complexity index is 1350. The summed E-state index contributed by atoms with van der Waals surface area (Å²) in [6, 6.07) is 22.4. The number of amidine groups is 2. The third kappa shape index (κ3) is 3.92. The average Bonchev–Trinajstić information content (AvgIpc) is 3.20. The minimum atomic E-state index is -0.606. The Labute approximate surface area is 202 Å². The molecular weight excluding hydrogens is 444 g/mol. The van der Waals surface area contributed by atoms with E-state index in [0.29, 0.717) is 11.0 Å². The van der Waals surface area contributed by atoms with Crippen molar-refractivity contribution in [2.24, 2.45) is 9.98 Å². The summed E-state index contributed by atoms with van der Waals surface area (Å²) < 4.78 is 0. The standard InChI is InChI=1S/C27H24N4O2S/c1-16-10-9-15-21(17(16)2)28-25(32)18(3)34-27-29-22-14-8-7-13-20(22)24-30-26(33)23(31(24)27)19-11-5-4-6-12-19/h4-15,18,23H,1-3H3,(H,28,32). The molecule has 5 rings (SSSR count). The summed E-state index contributed by atoms with van der Waals surface area (Å²) in [5.74, 6) is 0.216. The molecule has 170 valence electrons. The lowest BCUT2D eigenvalue weighted by atomic mass is 10.0. The number of rotatable bonds is 4. The van der Waals surface area contributed by atoms with Crippen LogP contribution in [0.4, 0.5) is 11.4 Å². The second-order valence-electron chi connectivity index (χ2n) is 8.37. The van der Waals surface area contributed by atoms with E-state index in [-0.39, 0.29) is 11.8 Å². The molecule has 0 aromatic heterocycles. The number of para-hydroxylation sites is 1. The molecule has 0 saturated heterocycles. The molecule has 2 aliphatic rings. The zero-order chi connectivity index (χ0) is 23.8. The Hall–Kier alpha value is -3.71. The van der Waals surface area contributed by atoms with Crippen LogP contribution in [0.25, 0.3) is 0 Å². The van der Waals surface area contributed by atoms with Crippen LogP contribution in [0, 0.1) is 13.8 Å². The molecule has 6 nitrogen and oxygen atoms in total. The predicted molar refractivity (Wildman–Crippen MR) is 138 cm³/mol. The quantitative estimate of drug-likeness (QED) is 0.557. The molecule has 34 heavy (non-hydrogen) atoms. The Morgan fingerprint density at radius 1 is 0.971 bits per heavy atom. The lowest BCUT2D eigenvalue weighted by Crippen LogP contribution is -2.40. The van der Waals surface area contributed by atoms with Crippen LogP contribution in [0.1, 0.15) is 35.2 Å². The number of carbonyl (C=O) groups is 2. The lowest BCUT2D eigenvalue weighted by molar-refractivity contribution is -0.119. The van der Waals surface area contributed by atoms with Gasteiger partial charge < -0.3 is 5.32 Å². The fraction of sp³-hybridized carbons (Fsp3) is 0.185. The van der Waals surface area contributed by atoms with Crippen LogP contribution in [0.15, 0.2) is 82.8 Å². The molecule has 1 N–H and O–H groups in total. The lowest BCUT2D eigenvalue weighted by Gasteiger charge is -2.32. The van der Waals surface area contributed by atoms with Crippen LogP contribution in [-0.2, 0) is 9.59 Å². The molecule has 3 aromatic carbocycles. The average molecular weight is 469 g/mol. The first-order valence-electron chi connectivity index (χ1n) is 11.1. The Balaban J connectivity index is 1.47. The van der Waals surface area contributed by atoms with E-state index in [4.69, 9.17) is 4.99 Å². The van der Waals surface area contributed by atoms with Crippen LogP contribution in [0.5, 0.6) is 0 Å². The highest BCUT2D eigenvalue weighted by Gasteiger charge is 2.43. The number of nitrogens with one attached hydrogen (secondary N) is 1. The SMILES string of the molecule is Cc1cccc(NC(=O)C(C)SC2=Nc3ccccc3C3=NC(=O)C(c4ccccc4)N23)c1C. The molecule has 0 radical (unpaired) electrons. The van der Waals surface area contributed by atoms with Gasteiger partial charge in [0.1, 0.15) is 11.9 Å². The number of carbonyl (C=O) groups excluding carboxylic acids is 2. The minimum absolute atomic E-state index is 0.125. The second-order valence-corrected chi connectivity index (χ2v) is 9.67. The maximum absolute atomic E-state index is 13.1. The minimum Gasteiger partial charge on any atom is -0.325 e. The fourth-order valence-electron chi connectivity index (χ4n) is 4.10. The van der Waals surface area contributed by atoms with E-state index in [1.165, 1.54) is 11.8 Å². The number of hydrogen-bond donors (Lipinski definition) is 1. The van der Waals surface area contributed by atoms with Crippen LogP contribution in [0.2, 0.25) is 0 Å². The smallest absolute Gasteiger partial charge is 0.275 e. The molecule has 2 atom stereocenters. The number of fused-ring (bicyclic) bond motifs is 3. The summed E-state index contributed by atoms with van der Waals surface area (Å²) in [6.07, 6.45) is 0. The van der Waals surface area contributed by atoms with Gasteiger partial charge in [0.25, 0.3) is 5.91 Å². The summed E-state index contributed by atoms with van der Waals surface area (Å²) in [4.78, 5) is 37.3. The van der Waals surface area contributed by atoms with Crippen molar-refractivity contribution in [2.75, 3.05) is 5.32 Å². The van der Waals surface area contributed by atoms with E-state index < -0.39 is 11.3 Å². The van der Waals surface area contributed by atoms with Gasteiger partial charge in [-0.25, -0.2) is 4.99 Å². The van der Waals surface area contributed by atoms with Gasteiger partial charge in [0.2, 0.25) is 5.91 Å². The number of amides is 2. The highest BCUT2D eigenvalue weighted by atomic mass is 32.2. The van der Waals surface area contributed by atoms with Gasteiger partial charge in [-0.3, -0.25) is 14.5 Å². The number of hydrogen-bond acceptors (Lipinski definition) is 5. The van der Waals surface area contributed by atoms with Crippen molar-refractivity contribution >= 4 is 46.0 Å². The van der Waals surface area contributed by atoms with Gasteiger partial charge >= 0.3 is 0 Å². The zero-order valence-electron chi connectivity index (χ0n) is 19.1.